The van der Waals surface area contributed by atoms with Gasteiger partial charge in [0.05, 0.1) is 23.5 Å². The van der Waals surface area contributed by atoms with E-state index in [0.717, 1.165) is 10.0 Å². The van der Waals surface area contributed by atoms with Crippen molar-refractivity contribution < 1.29 is 14.3 Å². The Bertz CT molecular complexity index is 1120. The third kappa shape index (κ3) is 4.98. The van der Waals surface area contributed by atoms with Gasteiger partial charge >= 0.3 is 0 Å². The van der Waals surface area contributed by atoms with Crippen molar-refractivity contribution in [2.75, 3.05) is 17.7 Å². The summed E-state index contributed by atoms with van der Waals surface area (Å²) in [7, 11) is 1.51. The topological polar surface area (TPSA) is 98.1 Å². The largest absolute Gasteiger partial charge is 0.495 e. The highest BCUT2D eigenvalue weighted by molar-refractivity contribution is 9.10. The number of carbonyl (C=O) groups is 2. The number of hydrogen-bond donors (Lipinski definition) is 2. The Hall–Kier alpha value is -2.91. The molecule has 3 aromatic rings. The fourth-order valence-corrected chi connectivity index (χ4v) is 3.55. The predicted octanol–water partition coefficient (Wildman–Crippen LogP) is 4.21. The Morgan fingerprint density at radius 3 is 2.60 bits per heavy atom. The summed E-state index contributed by atoms with van der Waals surface area (Å²) < 4.78 is 7.21. The van der Waals surface area contributed by atoms with Gasteiger partial charge in [-0.2, -0.15) is 0 Å². The van der Waals surface area contributed by atoms with Gasteiger partial charge in [-0.1, -0.05) is 22.9 Å². The van der Waals surface area contributed by atoms with Crippen molar-refractivity contribution in [1.29, 1.82) is 0 Å². The molecule has 0 saturated heterocycles. The summed E-state index contributed by atoms with van der Waals surface area (Å²) in [5.74, 6) is -0.235. The lowest BCUT2D eigenvalue weighted by Crippen LogP contribution is -2.21. The molecule has 0 aliphatic carbocycles. The van der Waals surface area contributed by atoms with Crippen LogP contribution in [0, 0.1) is 13.8 Å². The van der Waals surface area contributed by atoms with Crippen LogP contribution in [0.4, 0.5) is 11.4 Å². The normalized spacial score (nSPS) is 10.6. The smallest absolute Gasteiger partial charge is 0.278 e. The first kappa shape index (κ1) is 21.8. The van der Waals surface area contributed by atoms with Gasteiger partial charge < -0.3 is 15.4 Å². The highest BCUT2D eigenvalue weighted by atomic mass is 79.9. The molecule has 0 spiro atoms. The van der Waals surface area contributed by atoms with Crippen molar-refractivity contribution in [3.63, 3.8) is 0 Å². The first-order chi connectivity index (χ1) is 14.3. The zero-order valence-corrected chi connectivity index (χ0v) is 18.8. The van der Waals surface area contributed by atoms with Gasteiger partial charge in [0.1, 0.15) is 12.3 Å². The van der Waals surface area contributed by atoms with Crippen molar-refractivity contribution in [3.8, 4) is 5.75 Å². The molecule has 156 valence electrons. The Kier molecular flexibility index (Phi) is 6.73. The van der Waals surface area contributed by atoms with E-state index in [4.69, 9.17) is 16.3 Å². The zero-order chi connectivity index (χ0) is 21.8. The van der Waals surface area contributed by atoms with Gasteiger partial charge in [-0.05, 0) is 65.7 Å². The summed E-state index contributed by atoms with van der Waals surface area (Å²) in [6, 6.07) is 10.5. The summed E-state index contributed by atoms with van der Waals surface area (Å²) in [6.07, 6.45) is 0. The van der Waals surface area contributed by atoms with Gasteiger partial charge in [0.2, 0.25) is 5.91 Å². The van der Waals surface area contributed by atoms with Crippen LogP contribution in [0.3, 0.4) is 0 Å². The lowest BCUT2D eigenvalue weighted by atomic mass is 10.2. The Morgan fingerprint density at radius 2 is 1.93 bits per heavy atom. The summed E-state index contributed by atoms with van der Waals surface area (Å²) in [5.41, 5.74) is 2.81. The maximum absolute atomic E-state index is 12.6. The number of aromatic nitrogens is 3. The van der Waals surface area contributed by atoms with E-state index in [1.54, 1.807) is 31.2 Å². The number of rotatable bonds is 6. The van der Waals surface area contributed by atoms with Crippen LogP contribution in [0.2, 0.25) is 5.02 Å². The summed E-state index contributed by atoms with van der Waals surface area (Å²) in [4.78, 5) is 25.0. The first-order valence-electron chi connectivity index (χ1n) is 8.89. The standard InChI is InChI=1S/C20H19BrClN5O3/c1-11-4-6-16(14(21)8-11)24-20(29)19-12(2)27(26-25-19)10-18(28)23-13-5-7-17(30-3)15(22)9-13/h4-9H,10H2,1-3H3,(H,23,28)(H,24,29). The van der Waals surface area contributed by atoms with Crippen molar-refractivity contribution in [2.45, 2.75) is 20.4 Å². The number of aryl methyl sites for hydroxylation is 1. The SMILES string of the molecule is COc1ccc(NC(=O)Cn2nnc(C(=O)Nc3ccc(C)cc3Br)c2C)cc1Cl. The number of anilines is 2. The minimum absolute atomic E-state index is 0.107. The molecule has 3 rings (SSSR count). The monoisotopic (exact) mass is 491 g/mol. The molecular formula is C20H19BrClN5O3. The van der Waals surface area contributed by atoms with Crippen molar-refractivity contribution in [3.05, 3.63) is 62.8 Å². The van der Waals surface area contributed by atoms with E-state index >= 15 is 0 Å². The van der Waals surface area contributed by atoms with Gasteiger partial charge in [-0.15, -0.1) is 5.10 Å². The van der Waals surface area contributed by atoms with Crippen LogP contribution < -0.4 is 15.4 Å². The fraction of sp³-hybridized carbons (Fsp3) is 0.200. The number of carbonyl (C=O) groups excluding carboxylic acids is 2. The molecule has 2 aromatic carbocycles. The number of benzene rings is 2. The van der Waals surface area contributed by atoms with Crippen molar-refractivity contribution >= 4 is 50.7 Å². The molecule has 10 heteroatoms. The minimum Gasteiger partial charge on any atom is -0.495 e. The highest BCUT2D eigenvalue weighted by Crippen LogP contribution is 2.27. The first-order valence-corrected chi connectivity index (χ1v) is 10.1. The Balaban J connectivity index is 1.67. The molecule has 2 amide bonds. The maximum Gasteiger partial charge on any atom is 0.278 e. The van der Waals surface area contributed by atoms with Gasteiger partial charge in [0, 0.05) is 10.2 Å². The molecule has 0 atom stereocenters. The predicted molar refractivity (Wildman–Crippen MR) is 118 cm³/mol. The average molecular weight is 493 g/mol. The second-order valence-electron chi connectivity index (χ2n) is 6.52. The lowest BCUT2D eigenvalue weighted by Gasteiger charge is -2.09. The van der Waals surface area contributed by atoms with Crippen molar-refractivity contribution in [2.24, 2.45) is 0 Å². The van der Waals surface area contributed by atoms with Crippen LogP contribution in [0.15, 0.2) is 40.9 Å². The van der Waals surface area contributed by atoms with E-state index in [2.05, 4.69) is 36.9 Å². The molecule has 8 nitrogen and oxygen atoms in total. The third-order valence-electron chi connectivity index (χ3n) is 4.30. The number of halogens is 2. The second-order valence-corrected chi connectivity index (χ2v) is 7.78. The molecule has 0 unspecified atom stereocenters. The lowest BCUT2D eigenvalue weighted by molar-refractivity contribution is -0.117. The van der Waals surface area contributed by atoms with Crippen LogP contribution in [0.5, 0.6) is 5.75 Å². The van der Waals surface area contributed by atoms with Gasteiger partial charge in [0.15, 0.2) is 5.69 Å². The molecule has 0 bridgehead atoms. The fourth-order valence-electron chi connectivity index (χ4n) is 2.70. The summed E-state index contributed by atoms with van der Waals surface area (Å²) >= 11 is 9.50. The van der Waals surface area contributed by atoms with Gasteiger partial charge in [-0.25, -0.2) is 4.68 Å². The number of nitrogens with one attached hydrogen (secondary N) is 2. The van der Waals surface area contributed by atoms with E-state index in [0.29, 0.717) is 27.8 Å². The number of ether oxygens (including phenoxy) is 1. The molecule has 30 heavy (non-hydrogen) atoms. The van der Waals surface area contributed by atoms with Gasteiger partial charge in [0.25, 0.3) is 5.91 Å². The summed E-state index contributed by atoms with van der Waals surface area (Å²) in [6.45, 7) is 3.53. The molecular weight excluding hydrogens is 474 g/mol. The molecule has 2 N–H and O–H groups in total. The second kappa shape index (κ2) is 9.27. The molecule has 0 saturated carbocycles. The van der Waals surface area contributed by atoms with Gasteiger partial charge in [-0.3, -0.25) is 9.59 Å². The number of hydrogen-bond acceptors (Lipinski definition) is 5. The molecule has 0 aliphatic rings. The zero-order valence-electron chi connectivity index (χ0n) is 16.5. The van der Waals surface area contributed by atoms with E-state index in [9.17, 15) is 9.59 Å². The highest BCUT2D eigenvalue weighted by Gasteiger charge is 2.19. The molecule has 1 aromatic heterocycles. The maximum atomic E-state index is 12.6. The van der Waals surface area contributed by atoms with E-state index in [1.807, 2.05) is 19.1 Å². The van der Waals surface area contributed by atoms with E-state index in [-0.39, 0.29) is 18.1 Å². The Labute approximate surface area is 186 Å². The van der Waals surface area contributed by atoms with Crippen LogP contribution in [-0.2, 0) is 11.3 Å². The van der Waals surface area contributed by atoms with Crippen LogP contribution in [0.1, 0.15) is 21.7 Å². The minimum atomic E-state index is -0.411. The molecule has 0 radical (unpaired) electrons. The van der Waals surface area contributed by atoms with E-state index < -0.39 is 5.91 Å². The quantitative estimate of drug-likeness (QED) is 0.537. The number of amides is 2. The number of nitrogens with zero attached hydrogens (tertiary/aromatic N) is 3. The van der Waals surface area contributed by atoms with Crippen molar-refractivity contribution in [1.82, 2.24) is 15.0 Å². The molecule has 0 aliphatic heterocycles. The van der Waals surface area contributed by atoms with E-state index in [1.165, 1.54) is 11.8 Å². The Morgan fingerprint density at radius 1 is 1.17 bits per heavy atom. The third-order valence-corrected chi connectivity index (χ3v) is 5.25. The van der Waals surface area contributed by atoms with Crippen LogP contribution in [-0.4, -0.2) is 33.9 Å². The average Bonchev–Trinajstić information content (AvgIpc) is 3.04. The molecule has 1 heterocycles. The molecule has 0 fully saturated rings. The summed E-state index contributed by atoms with van der Waals surface area (Å²) in [5, 5.41) is 13.8. The van der Waals surface area contributed by atoms with Crippen LogP contribution >= 0.6 is 27.5 Å². The number of methoxy groups -OCH3 is 1. The van der Waals surface area contributed by atoms with Crippen LogP contribution in [0.25, 0.3) is 0 Å².